The van der Waals surface area contributed by atoms with Crippen LogP contribution in [0, 0.1) is 0 Å². The molecule has 9 nitrogen and oxygen atoms in total. The zero-order chi connectivity index (χ0) is 15.7. The maximum atomic E-state index is 11.7. The highest BCUT2D eigenvalue weighted by Gasteiger charge is 2.19. The fourth-order valence-electron chi connectivity index (χ4n) is 2.21. The number of nitrogens with one attached hydrogen (secondary N) is 2. The number of pyridine rings is 1. The van der Waals surface area contributed by atoms with E-state index in [9.17, 15) is 14.4 Å². The van der Waals surface area contributed by atoms with Crippen LogP contribution in [0.2, 0.25) is 0 Å². The molecule has 2 aromatic heterocycles. The number of fused-ring (bicyclic) bond motifs is 1. The number of hydrogen-bond acceptors (Lipinski definition) is 6. The zero-order valence-corrected chi connectivity index (χ0v) is 11.5. The molecule has 2 aromatic rings. The third kappa shape index (κ3) is 2.68. The Morgan fingerprint density at radius 3 is 2.95 bits per heavy atom. The van der Waals surface area contributed by atoms with E-state index in [0.29, 0.717) is 30.0 Å². The summed E-state index contributed by atoms with van der Waals surface area (Å²) >= 11 is 0. The number of imide groups is 1. The lowest BCUT2D eigenvalue weighted by Crippen LogP contribution is -2.48. The SMILES string of the molecule is NC(=O)NC(=O)c1cc2nc(N3CCNC(=O)C3)ccc2o1. The summed E-state index contributed by atoms with van der Waals surface area (Å²) in [4.78, 5) is 39.9. The van der Waals surface area contributed by atoms with Crippen molar-refractivity contribution in [1.29, 1.82) is 0 Å². The molecule has 1 saturated heterocycles. The first kappa shape index (κ1) is 13.9. The van der Waals surface area contributed by atoms with Gasteiger partial charge in [0, 0.05) is 19.2 Å². The fourth-order valence-corrected chi connectivity index (χ4v) is 2.21. The Kier molecular flexibility index (Phi) is 3.37. The summed E-state index contributed by atoms with van der Waals surface area (Å²) < 4.78 is 5.31. The van der Waals surface area contributed by atoms with Gasteiger partial charge in [-0.3, -0.25) is 14.9 Å². The number of nitrogens with two attached hydrogens (primary N) is 1. The van der Waals surface area contributed by atoms with Crippen molar-refractivity contribution in [3.8, 4) is 0 Å². The molecule has 3 rings (SSSR count). The first-order valence-electron chi connectivity index (χ1n) is 6.56. The molecule has 0 atom stereocenters. The first-order chi connectivity index (χ1) is 10.5. The number of amides is 4. The predicted octanol–water partition coefficient (Wildman–Crippen LogP) is -0.428. The molecular weight excluding hydrogens is 290 g/mol. The van der Waals surface area contributed by atoms with Gasteiger partial charge in [-0.2, -0.15) is 0 Å². The molecular formula is C13H13N5O4. The van der Waals surface area contributed by atoms with Crippen molar-refractivity contribution < 1.29 is 18.8 Å². The van der Waals surface area contributed by atoms with Crippen LogP contribution in [0.25, 0.3) is 11.1 Å². The summed E-state index contributed by atoms with van der Waals surface area (Å²) in [5.74, 6) is -0.244. The van der Waals surface area contributed by atoms with E-state index >= 15 is 0 Å². The van der Waals surface area contributed by atoms with Gasteiger partial charge in [0.1, 0.15) is 11.3 Å². The van der Waals surface area contributed by atoms with Crippen LogP contribution in [-0.4, -0.2) is 42.5 Å². The minimum atomic E-state index is -0.960. The summed E-state index contributed by atoms with van der Waals surface area (Å²) in [6.07, 6.45) is 0. The Balaban J connectivity index is 1.88. The number of aromatic nitrogens is 1. The summed E-state index contributed by atoms with van der Waals surface area (Å²) in [6, 6.07) is 3.82. The molecule has 0 aliphatic carbocycles. The Morgan fingerprint density at radius 1 is 1.41 bits per heavy atom. The summed E-state index contributed by atoms with van der Waals surface area (Å²) in [7, 11) is 0. The molecule has 4 amide bonds. The summed E-state index contributed by atoms with van der Waals surface area (Å²) in [5.41, 5.74) is 5.75. The van der Waals surface area contributed by atoms with E-state index in [4.69, 9.17) is 10.2 Å². The van der Waals surface area contributed by atoms with Crippen molar-refractivity contribution in [2.24, 2.45) is 5.73 Å². The van der Waals surface area contributed by atoms with Gasteiger partial charge in [-0.25, -0.2) is 9.78 Å². The van der Waals surface area contributed by atoms with Crippen LogP contribution in [0.4, 0.5) is 10.6 Å². The summed E-state index contributed by atoms with van der Waals surface area (Å²) in [5, 5.41) is 4.65. The molecule has 114 valence electrons. The molecule has 3 heterocycles. The average Bonchev–Trinajstić information content (AvgIpc) is 2.89. The second-order valence-electron chi connectivity index (χ2n) is 4.75. The van der Waals surface area contributed by atoms with Gasteiger partial charge in [-0.1, -0.05) is 0 Å². The molecule has 1 aliphatic heterocycles. The monoisotopic (exact) mass is 303 g/mol. The fraction of sp³-hybridized carbons (Fsp3) is 0.231. The molecule has 0 radical (unpaired) electrons. The predicted molar refractivity (Wildman–Crippen MR) is 76.3 cm³/mol. The molecule has 0 unspecified atom stereocenters. The lowest BCUT2D eigenvalue weighted by Gasteiger charge is -2.27. The van der Waals surface area contributed by atoms with Crippen molar-refractivity contribution in [3.05, 3.63) is 24.0 Å². The third-order valence-corrected chi connectivity index (χ3v) is 3.18. The highest BCUT2D eigenvalue weighted by atomic mass is 16.3. The van der Waals surface area contributed by atoms with Crippen molar-refractivity contribution in [3.63, 3.8) is 0 Å². The minimum absolute atomic E-state index is 0.0603. The maximum absolute atomic E-state index is 11.7. The number of furan rings is 1. The van der Waals surface area contributed by atoms with Crippen molar-refractivity contribution >= 4 is 34.8 Å². The highest BCUT2D eigenvalue weighted by molar-refractivity contribution is 6.03. The smallest absolute Gasteiger partial charge is 0.319 e. The summed E-state index contributed by atoms with van der Waals surface area (Å²) in [6.45, 7) is 1.43. The van der Waals surface area contributed by atoms with Crippen LogP contribution in [0.1, 0.15) is 10.6 Å². The van der Waals surface area contributed by atoms with Gasteiger partial charge in [0.25, 0.3) is 5.91 Å². The van der Waals surface area contributed by atoms with Crippen LogP contribution < -0.4 is 21.3 Å². The van der Waals surface area contributed by atoms with Crippen molar-refractivity contribution in [1.82, 2.24) is 15.6 Å². The average molecular weight is 303 g/mol. The Morgan fingerprint density at radius 2 is 2.23 bits per heavy atom. The van der Waals surface area contributed by atoms with Crippen LogP contribution >= 0.6 is 0 Å². The van der Waals surface area contributed by atoms with Crippen LogP contribution in [0.5, 0.6) is 0 Å². The van der Waals surface area contributed by atoms with E-state index in [2.05, 4.69) is 10.3 Å². The molecule has 4 N–H and O–H groups in total. The van der Waals surface area contributed by atoms with E-state index in [0.717, 1.165) is 0 Å². The molecule has 0 saturated carbocycles. The topological polar surface area (TPSA) is 131 Å². The van der Waals surface area contributed by atoms with Crippen LogP contribution in [-0.2, 0) is 4.79 Å². The number of primary amides is 1. The molecule has 0 bridgehead atoms. The van der Waals surface area contributed by atoms with E-state index < -0.39 is 11.9 Å². The molecule has 1 aliphatic rings. The molecule has 22 heavy (non-hydrogen) atoms. The lowest BCUT2D eigenvalue weighted by atomic mass is 10.3. The molecule has 1 fully saturated rings. The normalized spacial score (nSPS) is 14.7. The van der Waals surface area contributed by atoms with E-state index in [1.807, 2.05) is 10.2 Å². The van der Waals surface area contributed by atoms with E-state index in [-0.39, 0.29) is 18.2 Å². The lowest BCUT2D eigenvalue weighted by molar-refractivity contribution is -0.120. The van der Waals surface area contributed by atoms with Gasteiger partial charge in [-0.05, 0) is 12.1 Å². The Labute approximate surface area is 124 Å². The zero-order valence-electron chi connectivity index (χ0n) is 11.5. The molecule has 0 spiro atoms. The standard InChI is InChI=1S/C13H13N5O4/c14-13(21)17-12(20)9-5-7-8(22-9)1-2-10(16-7)18-4-3-15-11(19)6-18/h1-2,5H,3-4,6H2,(H,15,19)(H3,14,17,20,21). The van der Waals surface area contributed by atoms with Gasteiger partial charge >= 0.3 is 6.03 Å². The van der Waals surface area contributed by atoms with Crippen LogP contribution in [0.15, 0.2) is 22.6 Å². The minimum Gasteiger partial charge on any atom is -0.449 e. The van der Waals surface area contributed by atoms with Gasteiger partial charge in [0.05, 0.1) is 6.54 Å². The maximum Gasteiger partial charge on any atom is 0.319 e. The first-order valence-corrected chi connectivity index (χ1v) is 6.56. The molecule has 0 aromatic carbocycles. The van der Waals surface area contributed by atoms with Gasteiger partial charge in [0.2, 0.25) is 5.91 Å². The van der Waals surface area contributed by atoms with Crippen molar-refractivity contribution in [2.75, 3.05) is 24.5 Å². The Hall–Kier alpha value is -3.10. The number of carbonyl (C=O) groups is 3. The van der Waals surface area contributed by atoms with Crippen molar-refractivity contribution in [2.45, 2.75) is 0 Å². The Bertz CT molecular complexity index is 769. The number of nitrogens with zero attached hydrogens (tertiary/aromatic N) is 2. The second kappa shape index (κ2) is 5.35. The van der Waals surface area contributed by atoms with E-state index in [1.54, 1.807) is 12.1 Å². The quantitative estimate of drug-likeness (QED) is 0.690. The van der Waals surface area contributed by atoms with Gasteiger partial charge in [-0.15, -0.1) is 0 Å². The van der Waals surface area contributed by atoms with Crippen LogP contribution in [0.3, 0.4) is 0 Å². The third-order valence-electron chi connectivity index (χ3n) is 3.18. The number of piperazine rings is 1. The number of rotatable bonds is 2. The number of urea groups is 1. The largest absolute Gasteiger partial charge is 0.449 e. The van der Waals surface area contributed by atoms with E-state index in [1.165, 1.54) is 6.07 Å². The molecule has 9 heteroatoms. The number of anilines is 1. The van der Waals surface area contributed by atoms with Gasteiger partial charge in [0.15, 0.2) is 11.3 Å². The second-order valence-corrected chi connectivity index (χ2v) is 4.75. The van der Waals surface area contributed by atoms with Gasteiger partial charge < -0.3 is 20.4 Å². The highest BCUT2D eigenvalue weighted by Crippen LogP contribution is 2.22. The number of hydrogen-bond donors (Lipinski definition) is 3. The number of carbonyl (C=O) groups excluding carboxylic acids is 3.